The number of halogens is 3. The van der Waals surface area contributed by atoms with Crippen LogP contribution in [-0.2, 0) is 0 Å². The third kappa shape index (κ3) is 3.76. The molecule has 2 atom stereocenters. The fraction of sp³-hybridized carbons (Fsp3) is 0.294. The highest BCUT2D eigenvalue weighted by Gasteiger charge is 2.19. The van der Waals surface area contributed by atoms with Crippen molar-refractivity contribution in [3.63, 3.8) is 0 Å². The molecule has 0 radical (unpaired) electrons. The smallest absolute Gasteiger partial charge is 0.142 e. The molecule has 2 aromatic carbocycles. The molecule has 2 rings (SSSR count). The van der Waals surface area contributed by atoms with Crippen molar-refractivity contribution in [2.24, 2.45) is 0 Å². The first-order valence-corrected chi connectivity index (χ1v) is 7.61. The molecule has 0 bridgehead atoms. The van der Waals surface area contributed by atoms with E-state index < -0.39 is 5.82 Å². The molecular weight excluding hydrogens is 308 g/mol. The largest absolute Gasteiger partial charge is 0.304 e. The normalized spacial score (nSPS) is 14.0. The van der Waals surface area contributed by atoms with Gasteiger partial charge < -0.3 is 5.32 Å². The highest BCUT2D eigenvalue weighted by atomic mass is 35.5. The van der Waals surface area contributed by atoms with Crippen LogP contribution in [0.4, 0.5) is 4.39 Å². The van der Waals surface area contributed by atoms with Crippen LogP contribution in [0.1, 0.15) is 42.6 Å². The molecule has 0 aliphatic carbocycles. The number of rotatable bonds is 4. The minimum atomic E-state index is -0.451. The van der Waals surface area contributed by atoms with Gasteiger partial charge in [0, 0.05) is 22.7 Å². The standard InChI is InChI=1S/C17H18Cl2FN/c1-10-4-6-13(7-5-10)11(2)21-12(3)16-14(18)8-9-15(20)17(16)19/h4-9,11-12,21H,1-3H3/t11-,12?/m0/s1. The Bertz CT molecular complexity index is 625. The Kier molecular flexibility index (Phi) is 5.26. The van der Waals surface area contributed by atoms with E-state index in [1.54, 1.807) is 0 Å². The van der Waals surface area contributed by atoms with Crippen molar-refractivity contribution in [2.45, 2.75) is 32.9 Å². The van der Waals surface area contributed by atoms with Gasteiger partial charge >= 0.3 is 0 Å². The SMILES string of the molecule is Cc1ccc([C@H](C)NC(C)c2c(Cl)ccc(F)c2Cl)cc1. The topological polar surface area (TPSA) is 12.0 Å². The van der Waals surface area contributed by atoms with Gasteiger partial charge in [-0.3, -0.25) is 0 Å². The first-order valence-electron chi connectivity index (χ1n) is 6.86. The molecule has 0 saturated carbocycles. The van der Waals surface area contributed by atoms with Crippen LogP contribution in [0.2, 0.25) is 10.0 Å². The Morgan fingerprint density at radius 1 is 0.952 bits per heavy atom. The van der Waals surface area contributed by atoms with Crippen LogP contribution in [0, 0.1) is 12.7 Å². The predicted molar refractivity (Wildman–Crippen MR) is 87.6 cm³/mol. The highest BCUT2D eigenvalue weighted by Crippen LogP contribution is 2.33. The molecule has 1 N–H and O–H groups in total. The van der Waals surface area contributed by atoms with Crippen molar-refractivity contribution < 1.29 is 4.39 Å². The maximum Gasteiger partial charge on any atom is 0.142 e. The van der Waals surface area contributed by atoms with E-state index in [4.69, 9.17) is 23.2 Å². The van der Waals surface area contributed by atoms with E-state index in [9.17, 15) is 4.39 Å². The Morgan fingerprint density at radius 3 is 2.19 bits per heavy atom. The molecule has 0 spiro atoms. The van der Waals surface area contributed by atoms with Crippen molar-refractivity contribution >= 4 is 23.2 Å². The molecule has 0 fully saturated rings. The lowest BCUT2D eigenvalue weighted by atomic mass is 10.0. The lowest BCUT2D eigenvalue weighted by molar-refractivity contribution is 0.492. The summed E-state index contributed by atoms with van der Waals surface area (Å²) in [7, 11) is 0. The van der Waals surface area contributed by atoms with Crippen LogP contribution in [-0.4, -0.2) is 0 Å². The van der Waals surface area contributed by atoms with Gasteiger partial charge in [0.25, 0.3) is 0 Å². The van der Waals surface area contributed by atoms with Gasteiger partial charge in [-0.2, -0.15) is 0 Å². The maximum absolute atomic E-state index is 13.6. The molecule has 4 heteroatoms. The molecule has 0 aliphatic rings. The third-order valence-electron chi connectivity index (χ3n) is 3.59. The zero-order chi connectivity index (χ0) is 15.6. The van der Waals surface area contributed by atoms with E-state index in [1.165, 1.54) is 17.7 Å². The summed E-state index contributed by atoms with van der Waals surface area (Å²) in [5.74, 6) is -0.451. The van der Waals surface area contributed by atoms with Crippen molar-refractivity contribution in [1.29, 1.82) is 0 Å². The van der Waals surface area contributed by atoms with E-state index in [1.807, 2.05) is 6.92 Å². The van der Waals surface area contributed by atoms with E-state index in [0.29, 0.717) is 10.6 Å². The van der Waals surface area contributed by atoms with Crippen LogP contribution in [0.3, 0.4) is 0 Å². The van der Waals surface area contributed by atoms with Crippen molar-refractivity contribution in [1.82, 2.24) is 5.32 Å². The molecule has 21 heavy (non-hydrogen) atoms. The van der Waals surface area contributed by atoms with Crippen LogP contribution in [0.15, 0.2) is 36.4 Å². The summed E-state index contributed by atoms with van der Waals surface area (Å²) < 4.78 is 13.6. The molecule has 0 aromatic heterocycles. The average molecular weight is 326 g/mol. The highest BCUT2D eigenvalue weighted by molar-refractivity contribution is 6.36. The van der Waals surface area contributed by atoms with Crippen LogP contribution < -0.4 is 5.32 Å². The zero-order valence-electron chi connectivity index (χ0n) is 12.3. The van der Waals surface area contributed by atoms with Crippen LogP contribution in [0.5, 0.6) is 0 Å². The lowest BCUT2D eigenvalue weighted by Crippen LogP contribution is -2.23. The lowest BCUT2D eigenvalue weighted by Gasteiger charge is -2.22. The van der Waals surface area contributed by atoms with E-state index in [0.717, 1.165) is 5.56 Å². The predicted octanol–water partition coefficient (Wildman–Crippen LogP) is 5.85. The summed E-state index contributed by atoms with van der Waals surface area (Å²) in [6.07, 6.45) is 0. The average Bonchev–Trinajstić information content (AvgIpc) is 2.44. The number of benzene rings is 2. The van der Waals surface area contributed by atoms with E-state index in [-0.39, 0.29) is 17.1 Å². The zero-order valence-corrected chi connectivity index (χ0v) is 13.8. The second-order valence-corrected chi connectivity index (χ2v) is 6.06. The second-order valence-electron chi connectivity index (χ2n) is 5.28. The minimum absolute atomic E-state index is 0.0820. The number of nitrogens with one attached hydrogen (secondary N) is 1. The van der Waals surface area contributed by atoms with Gasteiger partial charge in [0.05, 0.1) is 5.02 Å². The fourth-order valence-corrected chi connectivity index (χ4v) is 3.05. The van der Waals surface area contributed by atoms with Gasteiger partial charge in [0.15, 0.2) is 0 Å². The van der Waals surface area contributed by atoms with Gasteiger partial charge in [0.2, 0.25) is 0 Å². The summed E-state index contributed by atoms with van der Waals surface area (Å²) in [6.45, 7) is 6.04. The summed E-state index contributed by atoms with van der Waals surface area (Å²) in [5.41, 5.74) is 2.98. The first-order chi connectivity index (χ1) is 9.90. The van der Waals surface area contributed by atoms with Gasteiger partial charge in [-0.1, -0.05) is 53.0 Å². The first kappa shape index (κ1) is 16.3. The van der Waals surface area contributed by atoms with Gasteiger partial charge in [-0.05, 0) is 38.5 Å². The molecule has 112 valence electrons. The van der Waals surface area contributed by atoms with E-state index in [2.05, 4.69) is 43.4 Å². The van der Waals surface area contributed by atoms with Gasteiger partial charge in [-0.25, -0.2) is 4.39 Å². The summed E-state index contributed by atoms with van der Waals surface area (Å²) in [4.78, 5) is 0. The van der Waals surface area contributed by atoms with Crippen LogP contribution >= 0.6 is 23.2 Å². The molecule has 0 aliphatic heterocycles. The van der Waals surface area contributed by atoms with Crippen molar-refractivity contribution in [3.05, 3.63) is 69.0 Å². The maximum atomic E-state index is 13.6. The summed E-state index contributed by atoms with van der Waals surface area (Å²) in [5, 5.41) is 3.96. The number of aryl methyl sites for hydroxylation is 1. The Labute approximate surface area is 135 Å². The summed E-state index contributed by atoms with van der Waals surface area (Å²) >= 11 is 12.2. The molecule has 1 unspecified atom stereocenters. The quantitative estimate of drug-likeness (QED) is 0.695. The van der Waals surface area contributed by atoms with Gasteiger partial charge in [0.1, 0.15) is 5.82 Å². The molecular formula is C17H18Cl2FN. The van der Waals surface area contributed by atoms with Crippen molar-refractivity contribution in [3.8, 4) is 0 Å². The van der Waals surface area contributed by atoms with Crippen molar-refractivity contribution in [2.75, 3.05) is 0 Å². The fourth-order valence-electron chi connectivity index (χ4n) is 2.35. The third-order valence-corrected chi connectivity index (χ3v) is 4.30. The number of hydrogen-bond acceptors (Lipinski definition) is 1. The molecule has 0 heterocycles. The Balaban J connectivity index is 2.20. The Hall–Kier alpha value is -1.09. The van der Waals surface area contributed by atoms with E-state index >= 15 is 0 Å². The minimum Gasteiger partial charge on any atom is -0.304 e. The second kappa shape index (κ2) is 6.78. The summed E-state index contributed by atoms with van der Waals surface area (Å²) in [6, 6.07) is 11.1. The molecule has 2 aromatic rings. The number of hydrogen-bond donors (Lipinski definition) is 1. The van der Waals surface area contributed by atoms with Crippen LogP contribution in [0.25, 0.3) is 0 Å². The molecule has 1 nitrogen and oxygen atoms in total. The molecule has 0 saturated heterocycles. The monoisotopic (exact) mass is 325 g/mol. The molecule has 0 amide bonds. The van der Waals surface area contributed by atoms with Gasteiger partial charge in [-0.15, -0.1) is 0 Å². The Morgan fingerprint density at radius 2 is 1.57 bits per heavy atom.